The lowest BCUT2D eigenvalue weighted by Crippen LogP contribution is -2.57. The van der Waals surface area contributed by atoms with Crippen molar-refractivity contribution in [3.05, 3.63) is 59.9 Å². The van der Waals surface area contributed by atoms with Crippen LogP contribution in [-0.4, -0.2) is 68.9 Å². The maximum Gasteiger partial charge on any atom is 0.337 e. The largest absolute Gasteiger partial charge is 0.494 e. The number of sulfonamides is 1. The van der Waals surface area contributed by atoms with Gasteiger partial charge in [0, 0.05) is 31.1 Å². The highest BCUT2D eigenvalue weighted by atomic mass is 32.2. The van der Waals surface area contributed by atoms with Crippen molar-refractivity contribution in [2.75, 3.05) is 33.4 Å². The van der Waals surface area contributed by atoms with Crippen molar-refractivity contribution in [3.63, 3.8) is 0 Å². The van der Waals surface area contributed by atoms with Gasteiger partial charge in [0.15, 0.2) is 0 Å². The lowest BCUT2D eigenvalue weighted by atomic mass is 9.85. The van der Waals surface area contributed by atoms with Crippen LogP contribution >= 0.6 is 0 Å². The van der Waals surface area contributed by atoms with E-state index in [2.05, 4.69) is 4.74 Å². The lowest BCUT2D eigenvalue weighted by Gasteiger charge is -2.42. The Morgan fingerprint density at radius 2 is 1.69 bits per heavy atom. The summed E-state index contributed by atoms with van der Waals surface area (Å²) in [5, 5.41) is 0. The van der Waals surface area contributed by atoms with E-state index in [4.69, 9.17) is 4.74 Å². The Morgan fingerprint density at radius 1 is 1.06 bits per heavy atom. The van der Waals surface area contributed by atoms with Gasteiger partial charge in [0.25, 0.3) is 0 Å². The van der Waals surface area contributed by atoms with Gasteiger partial charge in [-0.1, -0.05) is 13.8 Å². The predicted molar refractivity (Wildman–Crippen MR) is 133 cm³/mol. The van der Waals surface area contributed by atoms with Crippen molar-refractivity contribution in [2.24, 2.45) is 5.41 Å². The zero-order valence-electron chi connectivity index (χ0n) is 21.1. The highest BCUT2D eigenvalue weighted by Crippen LogP contribution is 2.29. The zero-order valence-corrected chi connectivity index (χ0v) is 21.9. The second kappa shape index (κ2) is 11.4. The number of halogens is 1. The van der Waals surface area contributed by atoms with Crippen molar-refractivity contribution >= 4 is 21.9 Å². The van der Waals surface area contributed by atoms with Crippen LogP contribution in [0.4, 0.5) is 4.39 Å². The maximum absolute atomic E-state index is 13.3. The number of piperazine rings is 1. The summed E-state index contributed by atoms with van der Waals surface area (Å²) in [6, 6.07) is 11.1. The third kappa shape index (κ3) is 6.41. The Labute approximate surface area is 212 Å². The maximum atomic E-state index is 13.3. The first-order valence-electron chi connectivity index (χ1n) is 11.8. The molecule has 0 aromatic heterocycles. The highest BCUT2D eigenvalue weighted by molar-refractivity contribution is 7.89. The summed E-state index contributed by atoms with van der Waals surface area (Å²) in [5.74, 6) is -0.320. The van der Waals surface area contributed by atoms with Crippen LogP contribution in [0.5, 0.6) is 5.75 Å². The van der Waals surface area contributed by atoms with Crippen LogP contribution in [0.2, 0.25) is 0 Å². The van der Waals surface area contributed by atoms with E-state index in [9.17, 15) is 22.4 Å². The smallest absolute Gasteiger partial charge is 0.337 e. The minimum Gasteiger partial charge on any atom is -0.494 e. The summed E-state index contributed by atoms with van der Waals surface area (Å²) in [4.78, 5) is 26.8. The van der Waals surface area contributed by atoms with E-state index in [0.717, 1.165) is 0 Å². The van der Waals surface area contributed by atoms with Gasteiger partial charge in [-0.05, 0) is 68.3 Å². The Morgan fingerprint density at radius 3 is 2.28 bits per heavy atom. The molecule has 0 saturated carbocycles. The van der Waals surface area contributed by atoms with E-state index >= 15 is 0 Å². The third-order valence-electron chi connectivity index (χ3n) is 6.37. The molecule has 1 aliphatic rings. The van der Waals surface area contributed by atoms with Crippen molar-refractivity contribution < 1.29 is 31.9 Å². The van der Waals surface area contributed by atoms with E-state index < -0.39 is 21.4 Å². The fourth-order valence-electron chi connectivity index (χ4n) is 4.20. The van der Waals surface area contributed by atoms with Crippen LogP contribution in [0.1, 0.15) is 44.0 Å². The molecular weight excluding hydrogens is 487 g/mol. The van der Waals surface area contributed by atoms with Crippen LogP contribution < -0.4 is 4.74 Å². The van der Waals surface area contributed by atoms with Gasteiger partial charge >= 0.3 is 5.97 Å². The fourth-order valence-corrected chi connectivity index (χ4v) is 5.72. The molecule has 1 unspecified atom stereocenters. The van der Waals surface area contributed by atoms with E-state index in [0.29, 0.717) is 25.2 Å². The van der Waals surface area contributed by atoms with Crippen molar-refractivity contribution in [3.8, 4) is 5.75 Å². The van der Waals surface area contributed by atoms with Gasteiger partial charge in [-0.2, -0.15) is 4.31 Å². The summed E-state index contributed by atoms with van der Waals surface area (Å²) in [6.07, 6.45) is 1.23. The molecule has 8 nitrogen and oxygen atoms in total. The summed E-state index contributed by atoms with van der Waals surface area (Å²) in [7, 11) is -2.51. The number of carbonyl (C=O) groups is 2. The minimum absolute atomic E-state index is 0.0312. The predicted octanol–water partition coefficient (Wildman–Crippen LogP) is 3.72. The van der Waals surface area contributed by atoms with E-state index in [-0.39, 0.29) is 47.9 Å². The van der Waals surface area contributed by atoms with Crippen molar-refractivity contribution in [1.29, 1.82) is 0 Å². The molecule has 1 atom stereocenters. The van der Waals surface area contributed by atoms with E-state index in [1.807, 2.05) is 20.8 Å². The number of carbonyl (C=O) groups excluding carboxylic acids is 2. The molecule has 36 heavy (non-hydrogen) atoms. The molecule has 1 amide bonds. The van der Waals surface area contributed by atoms with Crippen molar-refractivity contribution in [2.45, 2.75) is 44.6 Å². The minimum atomic E-state index is -3.77. The topological polar surface area (TPSA) is 93.2 Å². The number of methoxy groups -OCH3 is 1. The summed E-state index contributed by atoms with van der Waals surface area (Å²) in [6.45, 7) is 6.65. The number of ether oxygens (including phenoxy) is 2. The Hall–Kier alpha value is -2.98. The third-order valence-corrected chi connectivity index (χ3v) is 8.25. The van der Waals surface area contributed by atoms with Crippen LogP contribution in [0.25, 0.3) is 0 Å². The second-order valence-corrected chi connectivity index (χ2v) is 11.5. The first-order chi connectivity index (χ1) is 17.0. The molecule has 2 aromatic carbocycles. The molecular formula is C26H33FN2O6S. The number of benzene rings is 2. The number of amides is 1. The van der Waals surface area contributed by atoms with Crippen molar-refractivity contribution in [1.82, 2.24) is 9.21 Å². The summed E-state index contributed by atoms with van der Waals surface area (Å²) in [5.41, 5.74) is -0.379. The monoisotopic (exact) mass is 520 g/mol. The lowest BCUT2D eigenvalue weighted by molar-refractivity contribution is -0.144. The number of hydrogen-bond donors (Lipinski definition) is 0. The molecule has 0 bridgehead atoms. The molecule has 0 spiro atoms. The molecule has 0 radical (unpaired) electrons. The average molecular weight is 521 g/mol. The molecule has 10 heteroatoms. The normalized spacial score (nSPS) is 17.0. The summed E-state index contributed by atoms with van der Waals surface area (Å²) < 4.78 is 50.9. The molecule has 1 aliphatic heterocycles. The number of nitrogens with zero attached hydrogens (tertiary/aromatic N) is 2. The molecule has 3 rings (SSSR count). The Bertz CT molecular complexity index is 1170. The number of rotatable bonds is 9. The Kier molecular flexibility index (Phi) is 8.73. The van der Waals surface area contributed by atoms with Gasteiger partial charge in [0.1, 0.15) is 11.6 Å². The standard InChI is InChI=1S/C26H33FN2O6S/c1-19-18-28(36(32,33)23-12-6-20(7-13-23)24(30)34-4)15-16-29(19)25(31)26(2,3)14-5-17-35-22-10-8-21(27)9-11-22/h6-13,19H,5,14-18H2,1-4H3. The summed E-state index contributed by atoms with van der Waals surface area (Å²) >= 11 is 0. The molecule has 1 saturated heterocycles. The van der Waals surface area contributed by atoms with Gasteiger partial charge in [0.05, 0.1) is 24.2 Å². The fraction of sp³-hybridized carbons (Fsp3) is 0.462. The first kappa shape index (κ1) is 27.6. The second-order valence-electron chi connectivity index (χ2n) is 9.52. The van der Waals surface area contributed by atoms with E-state index in [1.54, 1.807) is 17.0 Å². The Balaban J connectivity index is 1.56. The average Bonchev–Trinajstić information content (AvgIpc) is 2.86. The molecule has 2 aromatic rings. The molecule has 0 aliphatic carbocycles. The van der Waals surface area contributed by atoms with Gasteiger partial charge in [-0.25, -0.2) is 17.6 Å². The van der Waals surface area contributed by atoms with Crippen LogP contribution in [-0.2, 0) is 19.6 Å². The SMILES string of the molecule is COC(=O)c1ccc(S(=O)(=O)N2CCN(C(=O)C(C)(C)CCCOc3ccc(F)cc3)C(C)C2)cc1. The van der Waals surface area contributed by atoms with Gasteiger partial charge in [-0.3, -0.25) is 4.79 Å². The quantitative estimate of drug-likeness (QED) is 0.370. The molecule has 196 valence electrons. The van der Waals surface area contributed by atoms with E-state index in [1.165, 1.54) is 47.8 Å². The highest BCUT2D eigenvalue weighted by Gasteiger charge is 2.39. The first-order valence-corrected chi connectivity index (χ1v) is 13.3. The van der Waals surface area contributed by atoms with Crippen LogP contribution in [0.3, 0.4) is 0 Å². The number of hydrogen-bond acceptors (Lipinski definition) is 6. The molecule has 0 N–H and O–H groups in total. The van der Waals surface area contributed by atoms with Crippen LogP contribution in [0, 0.1) is 11.2 Å². The van der Waals surface area contributed by atoms with Crippen LogP contribution in [0.15, 0.2) is 53.4 Å². The van der Waals surface area contributed by atoms with Gasteiger partial charge in [0.2, 0.25) is 15.9 Å². The van der Waals surface area contributed by atoms with Gasteiger partial charge < -0.3 is 14.4 Å². The molecule has 1 fully saturated rings. The zero-order chi connectivity index (χ0) is 26.5. The molecule has 1 heterocycles. The van der Waals surface area contributed by atoms with Gasteiger partial charge in [-0.15, -0.1) is 0 Å². The number of esters is 1.